The lowest BCUT2D eigenvalue weighted by molar-refractivity contribution is -0.384. The van der Waals surface area contributed by atoms with Crippen LogP contribution in [0.1, 0.15) is 30.1 Å². The van der Waals surface area contributed by atoms with E-state index in [-0.39, 0.29) is 17.6 Å². The average molecular weight is 271 g/mol. The number of nitrogens with one attached hydrogen (secondary N) is 1. The largest absolute Gasteiger partial charge is 0.350 e. The third kappa shape index (κ3) is 4.33. The van der Waals surface area contributed by atoms with Crippen molar-refractivity contribution in [2.45, 2.75) is 25.8 Å². The predicted molar refractivity (Wildman–Crippen MR) is 70.0 cm³/mol. The fourth-order valence-electron chi connectivity index (χ4n) is 1.52. The van der Waals surface area contributed by atoms with Gasteiger partial charge in [0.15, 0.2) is 0 Å². The van der Waals surface area contributed by atoms with E-state index < -0.39 is 4.92 Å². The van der Waals surface area contributed by atoms with Crippen molar-refractivity contribution in [1.29, 1.82) is 0 Å². The Kier molecular flexibility index (Phi) is 5.58. The summed E-state index contributed by atoms with van der Waals surface area (Å²) in [7, 11) is 0. The molecule has 0 aliphatic heterocycles. The van der Waals surface area contributed by atoms with Crippen LogP contribution in [-0.2, 0) is 0 Å². The van der Waals surface area contributed by atoms with Crippen LogP contribution in [0, 0.1) is 10.1 Å². The van der Waals surface area contributed by atoms with Crippen molar-refractivity contribution >= 4 is 23.2 Å². The lowest BCUT2D eigenvalue weighted by Gasteiger charge is -2.12. The zero-order chi connectivity index (χ0) is 13.5. The van der Waals surface area contributed by atoms with Crippen LogP contribution in [0.15, 0.2) is 24.3 Å². The van der Waals surface area contributed by atoms with Gasteiger partial charge < -0.3 is 5.32 Å². The summed E-state index contributed by atoms with van der Waals surface area (Å²) in [5.74, 6) is 0.248. The van der Waals surface area contributed by atoms with Crippen molar-refractivity contribution < 1.29 is 9.72 Å². The van der Waals surface area contributed by atoms with Crippen LogP contribution in [-0.4, -0.2) is 22.8 Å². The van der Waals surface area contributed by atoms with E-state index in [2.05, 4.69) is 5.32 Å². The number of nitro benzene ring substituents is 1. The van der Waals surface area contributed by atoms with Crippen molar-refractivity contribution in [2.75, 3.05) is 5.88 Å². The molecule has 98 valence electrons. The van der Waals surface area contributed by atoms with E-state index in [1.54, 1.807) is 6.07 Å². The second kappa shape index (κ2) is 6.96. The first-order chi connectivity index (χ1) is 8.54. The van der Waals surface area contributed by atoms with Gasteiger partial charge in [0, 0.05) is 29.6 Å². The molecule has 0 heterocycles. The van der Waals surface area contributed by atoms with E-state index in [0.29, 0.717) is 11.4 Å². The first kappa shape index (κ1) is 14.4. The molecule has 0 bridgehead atoms. The minimum absolute atomic E-state index is 0.00416. The molecule has 1 aromatic rings. The Hall–Kier alpha value is -1.62. The first-order valence-corrected chi connectivity index (χ1v) is 6.19. The van der Waals surface area contributed by atoms with E-state index in [0.717, 1.165) is 12.8 Å². The average Bonchev–Trinajstić information content (AvgIpc) is 2.36. The molecule has 1 amide bonds. The van der Waals surface area contributed by atoms with Crippen molar-refractivity contribution in [1.82, 2.24) is 5.32 Å². The Morgan fingerprint density at radius 1 is 1.56 bits per heavy atom. The minimum Gasteiger partial charge on any atom is -0.350 e. The molecule has 0 radical (unpaired) electrons. The number of halogens is 1. The molecule has 18 heavy (non-hydrogen) atoms. The molecule has 1 atom stereocenters. The number of hydrogen-bond acceptors (Lipinski definition) is 3. The molecule has 0 saturated heterocycles. The van der Waals surface area contributed by atoms with Gasteiger partial charge in [0.2, 0.25) is 0 Å². The fourth-order valence-corrected chi connectivity index (χ4v) is 1.68. The molecular formula is C12H15ClN2O3. The van der Waals surface area contributed by atoms with Crippen molar-refractivity contribution in [3.63, 3.8) is 0 Å². The maximum Gasteiger partial charge on any atom is 0.270 e. The molecule has 1 aromatic carbocycles. The molecule has 0 aliphatic carbocycles. The number of nitrogens with zero attached hydrogens (tertiary/aromatic N) is 1. The summed E-state index contributed by atoms with van der Waals surface area (Å²) in [4.78, 5) is 21.9. The molecular weight excluding hydrogens is 256 g/mol. The number of rotatable bonds is 6. The lowest BCUT2D eigenvalue weighted by atomic mass is 10.1. The van der Waals surface area contributed by atoms with Gasteiger partial charge in [0.1, 0.15) is 0 Å². The summed E-state index contributed by atoms with van der Waals surface area (Å²) in [5.41, 5.74) is 0.206. The van der Waals surface area contributed by atoms with Gasteiger partial charge in [-0.25, -0.2) is 0 Å². The first-order valence-electron chi connectivity index (χ1n) is 5.66. The standard InChI is InChI=1S/C12H15ClN2O3/c1-9(4-3-7-13)14-12(16)10-5-2-6-11(8-10)15(17)18/h2,5-6,8-9H,3-4,7H2,1H3,(H,14,16). The van der Waals surface area contributed by atoms with Gasteiger partial charge in [0.25, 0.3) is 11.6 Å². The third-order valence-corrected chi connectivity index (χ3v) is 2.73. The van der Waals surface area contributed by atoms with E-state index in [1.165, 1.54) is 18.2 Å². The van der Waals surface area contributed by atoms with Crippen LogP contribution in [0.4, 0.5) is 5.69 Å². The number of carbonyl (C=O) groups excluding carboxylic acids is 1. The highest BCUT2D eigenvalue weighted by molar-refractivity contribution is 6.17. The molecule has 0 saturated carbocycles. The Labute approximate surface area is 110 Å². The Morgan fingerprint density at radius 2 is 2.28 bits per heavy atom. The topological polar surface area (TPSA) is 72.2 Å². The molecule has 1 rings (SSSR count). The van der Waals surface area contributed by atoms with E-state index in [4.69, 9.17) is 11.6 Å². The predicted octanol–water partition coefficient (Wildman–Crippen LogP) is 2.73. The SMILES string of the molecule is CC(CCCCl)NC(=O)c1cccc([N+](=O)[O-])c1. The number of benzene rings is 1. The molecule has 5 nitrogen and oxygen atoms in total. The van der Waals surface area contributed by atoms with Crippen LogP contribution >= 0.6 is 11.6 Å². The van der Waals surface area contributed by atoms with Gasteiger partial charge in [0.05, 0.1) is 4.92 Å². The van der Waals surface area contributed by atoms with Gasteiger partial charge in [-0.2, -0.15) is 0 Å². The zero-order valence-electron chi connectivity index (χ0n) is 10.1. The zero-order valence-corrected chi connectivity index (χ0v) is 10.8. The molecule has 1 N–H and O–H groups in total. The van der Waals surface area contributed by atoms with E-state index >= 15 is 0 Å². The highest BCUT2D eigenvalue weighted by Crippen LogP contribution is 2.13. The number of non-ortho nitro benzene ring substituents is 1. The van der Waals surface area contributed by atoms with Crippen LogP contribution in [0.5, 0.6) is 0 Å². The monoisotopic (exact) mass is 270 g/mol. The summed E-state index contributed by atoms with van der Waals surface area (Å²) >= 11 is 5.57. The lowest BCUT2D eigenvalue weighted by Crippen LogP contribution is -2.32. The summed E-state index contributed by atoms with van der Waals surface area (Å²) in [5, 5.41) is 13.4. The summed E-state index contributed by atoms with van der Waals surface area (Å²) < 4.78 is 0. The normalized spacial score (nSPS) is 11.9. The van der Waals surface area contributed by atoms with Crippen molar-refractivity contribution in [3.05, 3.63) is 39.9 Å². The number of alkyl halides is 1. The summed E-state index contributed by atoms with van der Waals surface area (Å²) in [6.45, 7) is 1.88. The summed E-state index contributed by atoms with van der Waals surface area (Å²) in [6, 6.07) is 5.67. The van der Waals surface area contributed by atoms with Crippen LogP contribution in [0.3, 0.4) is 0 Å². The van der Waals surface area contributed by atoms with Crippen LogP contribution in [0.2, 0.25) is 0 Å². The van der Waals surface area contributed by atoms with Crippen LogP contribution < -0.4 is 5.32 Å². The quantitative estimate of drug-likeness (QED) is 0.491. The molecule has 0 aromatic heterocycles. The Balaban J connectivity index is 2.66. The van der Waals surface area contributed by atoms with E-state index in [9.17, 15) is 14.9 Å². The van der Waals surface area contributed by atoms with Gasteiger partial charge in [-0.05, 0) is 25.8 Å². The van der Waals surface area contributed by atoms with Crippen LogP contribution in [0.25, 0.3) is 0 Å². The smallest absolute Gasteiger partial charge is 0.270 e. The summed E-state index contributed by atoms with van der Waals surface area (Å²) in [6.07, 6.45) is 1.60. The Bertz CT molecular complexity index is 437. The minimum atomic E-state index is -0.520. The molecule has 1 unspecified atom stereocenters. The number of amides is 1. The third-order valence-electron chi connectivity index (χ3n) is 2.47. The van der Waals surface area contributed by atoms with Gasteiger partial charge in [-0.1, -0.05) is 6.07 Å². The number of hydrogen-bond donors (Lipinski definition) is 1. The maximum absolute atomic E-state index is 11.8. The molecule has 6 heteroatoms. The van der Waals surface area contributed by atoms with Gasteiger partial charge >= 0.3 is 0 Å². The Morgan fingerprint density at radius 3 is 2.89 bits per heavy atom. The second-order valence-electron chi connectivity index (χ2n) is 4.01. The van der Waals surface area contributed by atoms with Gasteiger partial charge in [-0.3, -0.25) is 14.9 Å². The highest BCUT2D eigenvalue weighted by atomic mass is 35.5. The highest BCUT2D eigenvalue weighted by Gasteiger charge is 2.13. The molecule has 0 spiro atoms. The van der Waals surface area contributed by atoms with Crippen molar-refractivity contribution in [2.24, 2.45) is 0 Å². The number of nitro groups is 1. The molecule has 0 aliphatic rings. The van der Waals surface area contributed by atoms with E-state index in [1.807, 2.05) is 6.92 Å². The number of carbonyl (C=O) groups is 1. The van der Waals surface area contributed by atoms with Crippen molar-refractivity contribution in [3.8, 4) is 0 Å². The van der Waals surface area contributed by atoms with Gasteiger partial charge in [-0.15, -0.1) is 11.6 Å². The molecule has 0 fully saturated rings. The second-order valence-corrected chi connectivity index (χ2v) is 4.39. The fraction of sp³-hybridized carbons (Fsp3) is 0.417. The maximum atomic E-state index is 11.8.